The first-order valence-electron chi connectivity index (χ1n) is 11.7. The lowest BCUT2D eigenvalue weighted by Gasteiger charge is -2.55. The number of hydrogen-bond donors (Lipinski definition) is 0. The zero-order chi connectivity index (χ0) is 20.8. The highest BCUT2D eigenvalue weighted by atomic mass is 16.9. The van der Waals surface area contributed by atoms with Crippen LogP contribution < -0.4 is 0 Å². The molecular formula is C24H50O3. The van der Waals surface area contributed by atoms with Crippen molar-refractivity contribution >= 4 is 0 Å². The van der Waals surface area contributed by atoms with Gasteiger partial charge in [0.05, 0.1) is 5.41 Å². The van der Waals surface area contributed by atoms with Crippen LogP contribution >= 0.6 is 0 Å². The number of hydrogen-bond acceptors (Lipinski definition) is 3. The van der Waals surface area contributed by atoms with Gasteiger partial charge in [0, 0.05) is 19.8 Å². The summed E-state index contributed by atoms with van der Waals surface area (Å²) in [5.41, 5.74) is -0.145. The lowest BCUT2D eigenvalue weighted by molar-refractivity contribution is -0.445. The fourth-order valence-electron chi connectivity index (χ4n) is 4.44. The van der Waals surface area contributed by atoms with Crippen molar-refractivity contribution in [1.82, 2.24) is 0 Å². The second kappa shape index (κ2) is 14.0. The van der Waals surface area contributed by atoms with E-state index >= 15 is 0 Å². The molecule has 0 spiro atoms. The molecule has 0 fully saturated rings. The molecule has 3 nitrogen and oxygen atoms in total. The molecule has 0 saturated carbocycles. The highest BCUT2D eigenvalue weighted by Crippen LogP contribution is 2.56. The monoisotopic (exact) mass is 386 g/mol. The highest BCUT2D eigenvalue weighted by molar-refractivity contribution is 4.98. The van der Waals surface area contributed by atoms with E-state index in [-0.39, 0.29) is 10.8 Å². The van der Waals surface area contributed by atoms with Gasteiger partial charge in [-0.2, -0.15) is 0 Å². The van der Waals surface area contributed by atoms with Gasteiger partial charge in [0.1, 0.15) is 0 Å². The van der Waals surface area contributed by atoms with Crippen molar-refractivity contribution in [3.05, 3.63) is 0 Å². The van der Waals surface area contributed by atoms with Gasteiger partial charge in [-0.1, -0.05) is 86.0 Å². The smallest absolute Gasteiger partial charge is 0.289 e. The van der Waals surface area contributed by atoms with E-state index in [1.54, 1.807) is 0 Å². The van der Waals surface area contributed by atoms with Crippen LogP contribution in [0.25, 0.3) is 0 Å². The van der Waals surface area contributed by atoms with E-state index in [9.17, 15) is 0 Å². The molecule has 0 aliphatic carbocycles. The maximum Gasteiger partial charge on any atom is 0.289 e. The van der Waals surface area contributed by atoms with Crippen LogP contribution in [-0.4, -0.2) is 25.8 Å². The Labute approximate surface area is 170 Å². The van der Waals surface area contributed by atoms with Crippen molar-refractivity contribution in [2.75, 3.05) is 19.8 Å². The van der Waals surface area contributed by atoms with Crippen molar-refractivity contribution < 1.29 is 14.2 Å². The van der Waals surface area contributed by atoms with Crippen LogP contribution in [0.2, 0.25) is 0 Å². The molecule has 0 radical (unpaired) electrons. The van der Waals surface area contributed by atoms with Crippen LogP contribution in [0, 0.1) is 10.8 Å². The molecular weight excluding hydrogens is 336 g/mol. The van der Waals surface area contributed by atoms with Crippen LogP contribution in [0.3, 0.4) is 0 Å². The average Bonchev–Trinajstić information content (AvgIpc) is 2.60. The van der Waals surface area contributed by atoms with Crippen LogP contribution in [0.5, 0.6) is 0 Å². The van der Waals surface area contributed by atoms with Gasteiger partial charge in [-0.15, -0.1) is 0 Å². The molecule has 0 bridgehead atoms. The summed E-state index contributed by atoms with van der Waals surface area (Å²) in [7, 11) is 0. The topological polar surface area (TPSA) is 27.7 Å². The van der Waals surface area contributed by atoms with E-state index < -0.39 is 5.97 Å². The molecule has 0 aromatic carbocycles. The minimum atomic E-state index is -0.956. The summed E-state index contributed by atoms with van der Waals surface area (Å²) in [6.45, 7) is 19.5. The summed E-state index contributed by atoms with van der Waals surface area (Å²) in [5.74, 6) is -0.956. The Balaban J connectivity index is 5.77. The quantitative estimate of drug-likeness (QED) is 0.189. The zero-order valence-electron chi connectivity index (χ0n) is 19.9. The fraction of sp³-hybridized carbons (Fsp3) is 1.00. The van der Waals surface area contributed by atoms with E-state index in [0.29, 0.717) is 19.8 Å². The molecule has 0 amide bonds. The minimum Gasteiger partial charge on any atom is -0.327 e. The Morgan fingerprint density at radius 1 is 0.519 bits per heavy atom. The first-order valence-corrected chi connectivity index (χ1v) is 11.7. The molecule has 0 rings (SSSR count). The van der Waals surface area contributed by atoms with E-state index in [0.717, 1.165) is 12.8 Å². The van der Waals surface area contributed by atoms with Gasteiger partial charge < -0.3 is 14.2 Å². The Hall–Kier alpha value is -0.120. The second-order valence-corrected chi connectivity index (χ2v) is 8.81. The second-order valence-electron chi connectivity index (χ2n) is 8.81. The Morgan fingerprint density at radius 3 is 1.33 bits per heavy atom. The third-order valence-electron chi connectivity index (χ3n) is 5.94. The maximum atomic E-state index is 6.35. The number of ether oxygens (including phenoxy) is 3. The molecule has 0 saturated heterocycles. The summed E-state index contributed by atoms with van der Waals surface area (Å²) in [5, 5.41) is 0. The molecule has 0 aliphatic heterocycles. The first-order chi connectivity index (χ1) is 12.8. The van der Waals surface area contributed by atoms with Gasteiger partial charge in [-0.05, 0) is 39.0 Å². The standard InChI is InChI=1S/C24H50O3/c1-9-14-16-17-18-19-21-23(20-15-10-2,22(6,7)8)24(25-11-3,26-12-4)27-13-5/h9-21H2,1-8H3. The molecule has 0 aromatic heterocycles. The predicted molar refractivity (Wildman–Crippen MR) is 117 cm³/mol. The van der Waals surface area contributed by atoms with Crippen LogP contribution in [0.1, 0.15) is 120 Å². The lowest BCUT2D eigenvalue weighted by atomic mass is 9.59. The lowest BCUT2D eigenvalue weighted by Crippen LogP contribution is -2.60. The largest absolute Gasteiger partial charge is 0.327 e. The molecule has 0 heterocycles. The van der Waals surface area contributed by atoms with Gasteiger partial charge >= 0.3 is 0 Å². The van der Waals surface area contributed by atoms with Crippen molar-refractivity contribution in [1.29, 1.82) is 0 Å². The third kappa shape index (κ3) is 7.66. The summed E-state index contributed by atoms with van der Waals surface area (Å²) in [4.78, 5) is 0. The maximum absolute atomic E-state index is 6.35. The Kier molecular flexibility index (Phi) is 13.9. The third-order valence-corrected chi connectivity index (χ3v) is 5.94. The molecule has 1 atom stereocenters. The van der Waals surface area contributed by atoms with Crippen LogP contribution in [0.4, 0.5) is 0 Å². The predicted octanol–water partition coefficient (Wildman–Crippen LogP) is 7.72. The van der Waals surface area contributed by atoms with Gasteiger partial charge in [0.15, 0.2) is 0 Å². The van der Waals surface area contributed by atoms with Crippen molar-refractivity contribution in [2.45, 2.75) is 126 Å². The normalized spacial score (nSPS) is 15.1. The van der Waals surface area contributed by atoms with Gasteiger partial charge in [0.2, 0.25) is 0 Å². The summed E-state index contributed by atoms with van der Waals surface area (Å²) in [6, 6.07) is 0. The summed E-state index contributed by atoms with van der Waals surface area (Å²) < 4.78 is 19.1. The van der Waals surface area contributed by atoms with Crippen LogP contribution in [-0.2, 0) is 14.2 Å². The molecule has 164 valence electrons. The van der Waals surface area contributed by atoms with E-state index in [1.807, 2.05) is 20.8 Å². The van der Waals surface area contributed by atoms with E-state index in [4.69, 9.17) is 14.2 Å². The zero-order valence-corrected chi connectivity index (χ0v) is 19.9. The Morgan fingerprint density at radius 2 is 0.926 bits per heavy atom. The molecule has 27 heavy (non-hydrogen) atoms. The molecule has 3 heteroatoms. The first kappa shape index (κ1) is 26.9. The summed E-state index contributed by atoms with van der Waals surface area (Å²) >= 11 is 0. The number of unbranched alkanes of at least 4 members (excludes halogenated alkanes) is 6. The van der Waals surface area contributed by atoms with Gasteiger partial charge in [0.25, 0.3) is 5.97 Å². The number of rotatable bonds is 17. The average molecular weight is 387 g/mol. The molecule has 0 N–H and O–H groups in total. The molecule has 0 aromatic rings. The SMILES string of the molecule is CCCCCCCCC(CCCC)(C(C)(C)C)C(OCC)(OCC)OCC. The van der Waals surface area contributed by atoms with E-state index in [2.05, 4.69) is 34.6 Å². The van der Waals surface area contributed by atoms with Crippen molar-refractivity contribution in [3.8, 4) is 0 Å². The van der Waals surface area contributed by atoms with Crippen LogP contribution in [0.15, 0.2) is 0 Å². The highest BCUT2D eigenvalue weighted by Gasteiger charge is 2.60. The molecule has 0 aliphatic rings. The van der Waals surface area contributed by atoms with Gasteiger partial charge in [-0.3, -0.25) is 0 Å². The van der Waals surface area contributed by atoms with Crippen molar-refractivity contribution in [3.63, 3.8) is 0 Å². The van der Waals surface area contributed by atoms with Gasteiger partial charge in [-0.25, -0.2) is 0 Å². The molecule has 1 unspecified atom stereocenters. The summed E-state index contributed by atoms with van der Waals surface area (Å²) in [6.07, 6.45) is 12.3. The van der Waals surface area contributed by atoms with Crippen molar-refractivity contribution in [2.24, 2.45) is 10.8 Å². The minimum absolute atomic E-state index is 0.0189. The van der Waals surface area contributed by atoms with E-state index in [1.165, 1.54) is 51.4 Å². The fourth-order valence-corrected chi connectivity index (χ4v) is 4.44. The Bertz CT molecular complexity index is 331.